The van der Waals surface area contributed by atoms with Crippen LogP contribution < -0.4 is 4.72 Å². The molecule has 0 aliphatic rings. The monoisotopic (exact) mass is 269 g/mol. The molecule has 1 unspecified atom stereocenters. The Labute approximate surface area is 111 Å². The molecule has 1 atom stereocenters. The first-order valence-corrected chi connectivity index (χ1v) is 7.98. The first kappa shape index (κ1) is 15.2. The van der Waals surface area contributed by atoms with Gasteiger partial charge in [0.15, 0.2) is 0 Å². The van der Waals surface area contributed by atoms with Crippen LogP contribution in [0.3, 0.4) is 0 Å². The number of hydrogen-bond donors (Lipinski definition) is 1. The quantitative estimate of drug-likeness (QED) is 0.862. The summed E-state index contributed by atoms with van der Waals surface area (Å²) in [4.78, 5) is 0.378. The van der Waals surface area contributed by atoms with Gasteiger partial charge in [0.05, 0.1) is 4.90 Å². The highest BCUT2D eigenvalue weighted by molar-refractivity contribution is 7.89. The summed E-state index contributed by atoms with van der Waals surface area (Å²) in [5.74, 6) is 0.379. The standard InChI is InChI=1S/C14H23NO2S/c1-5-13(6-2)12(4)15-18(16,17)14-10-8-7-9-11(14)3/h7-10,12-13,15H,5-6H2,1-4H3. The Bertz CT molecular complexity index is 478. The number of nitrogens with one attached hydrogen (secondary N) is 1. The van der Waals surface area contributed by atoms with E-state index in [4.69, 9.17) is 0 Å². The van der Waals surface area contributed by atoms with Crippen molar-refractivity contribution in [3.8, 4) is 0 Å². The minimum absolute atomic E-state index is 0.0374. The minimum Gasteiger partial charge on any atom is -0.208 e. The molecule has 0 saturated heterocycles. The van der Waals surface area contributed by atoms with E-state index in [1.54, 1.807) is 12.1 Å². The van der Waals surface area contributed by atoms with Crippen molar-refractivity contribution >= 4 is 10.0 Å². The molecule has 0 heterocycles. The van der Waals surface area contributed by atoms with E-state index in [0.29, 0.717) is 10.8 Å². The number of aryl methyl sites for hydroxylation is 1. The third kappa shape index (κ3) is 3.56. The first-order chi connectivity index (χ1) is 8.42. The van der Waals surface area contributed by atoms with Crippen LogP contribution in [0.2, 0.25) is 0 Å². The lowest BCUT2D eigenvalue weighted by molar-refractivity contribution is 0.390. The summed E-state index contributed by atoms with van der Waals surface area (Å²) in [6.45, 7) is 7.93. The van der Waals surface area contributed by atoms with Crippen LogP contribution in [0.1, 0.15) is 39.2 Å². The molecule has 0 spiro atoms. The molecule has 0 aliphatic heterocycles. The second-order valence-electron chi connectivity index (χ2n) is 4.75. The fourth-order valence-corrected chi connectivity index (χ4v) is 3.82. The Kier molecular flexibility index (Phi) is 5.35. The smallest absolute Gasteiger partial charge is 0.208 e. The molecule has 1 aromatic carbocycles. The summed E-state index contributed by atoms with van der Waals surface area (Å²) in [6.07, 6.45) is 1.96. The van der Waals surface area contributed by atoms with Crippen LogP contribution in [-0.4, -0.2) is 14.5 Å². The van der Waals surface area contributed by atoms with Gasteiger partial charge in [-0.05, 0) is 31.4 Å². The Balaban J connectivity index is 2.93. The zero-order valence-electron chi connectivity index (χ0n) is 11.6. The van der Waals surface area contributed by atoms with Crippen molar-refractivity contribution in [2.45, 2.75) is 51.5 Å². The van der Waals surface area contributed by atoms with E-state index < -0.39 is 10.0 Å². The number of sulfonamides is 1. The first-order valence-electron chi connectivity index (χ1n) is 6.50. The zero-order valence-corrected chi connectivity index (χ0v) is 12.4. The third-order valence-corrected chi connectivity index (χ3v) is 5.20. The van der Waals surface area contributed by atoms with Gasteiger partial charge < -0.3 is 0 Å². The molecule has 102 valence electrons. The van der Waals surface area contributed by atoms with Crippen LogP contribution in [0.4, 0.5) is 0 Å². The van der Waals surface area contributed by atoms with Crippen LogP contribution >= 0.6 is 0 Å². The van der Waals surface area contributed by atoms with Crippen LogP contribution in [-0.2, 0) is 10.0 Å². The molecule has 0 fully saturated rings. The summed E-state index contributed by atoms with van der Waals surface area (Å²) in [7, 11) is -3.41. The van der Waals surface area contributed by atoms with E-state index in [-0.39, 0.29) is 6.04 Å². The van der Waals surface area contributed by atoms with Crippen molar-refractivity contribution in [3.63, 3.8) is 0 Å². The van der Waals surface area contributed by atoms with Crippen LogP contribution in [0, 0.1) is 12.8 Å². The fourth-order valence-electron chi connectivity index (χ4n) is 2.26. The van der Waals surface area contributed by atoms with Gasteiger partial charge in [-0.2, -0.15) is 0 Å². The van der Waals surface area contributed by atoms with Crippen molar-refractivity contribution in [3.05, 3.63) is 29.8 Å². The zero-order chi connectivity index (χ0) is 13.8. The molecular weight excluding hydrogens is 246 g/mol. The van der Waals surface area contributed by atoms with Crippen molar-refractivity contribution in [2.24, 2.45) is 5.92 Å². The van der Waals surface area contributed by atoms with Gasteiger partial charge in [0.25, 0.3) is 0 Å². The van der Waals surface area contributed by atoms with Gasteiger partial charge in [0, 0.05) is 6.04 Å². The topological polar surface area (TPSA) is 46.2 Å². The van der Waals surface area contributed by atoms with Gasteiger partial charge in [-0.3, -0.25) is 0 Å². The molecule has 0 aromatic heterocycles. The molecule has 0 bridgehead atoms. The minimum atomic E-state index is -3.41. The van der Waals surface area contributed by atoms with Crippen molar-refractivity contribution < 1.29 is 8.42 Å². The summed E-state index contributed by atoms with van der Waals surface area (Å²) in [5.41, 5.74) is 0.779. The third-order valence-electron chi connectivity index (χ3n) is 3.48. The lowest BCUT2D eigenvalue weighted by Crippen LogP contribution is -2.37. The lowest BCUT2D eigenvalue weighted by atomic mass is 9.96. The molecule has 0 radical (unpaired) electrons. The molecule has 4 heteroatoms. The van der Waals surface area contributed by atoms with Crippen molar-refractivity contribution in [1.82, 2.24) is 4.72 Å². The Morgan fingerprint density at radius 3 is 2.22 bits per heavy atom. The molecule has 18 heavy (non-hydrogen) atoms. The summed E-state index contributed by atoms with van der Waals surface area (Å²) in [5, 5.41) is 0. The fraction of sp³-hybridized carbons (Fsp3) is 0.571. The van der Waals surface area contributed by atoms with E-state index in [9.17, 15) is 8.42 Å². The molecule has 1 N–H and O–H groups in total. The second-order valence-corrected chi connectivity index (χ2v) is 6.43. The number of hydrogen-bond acceptors (Lipinski definition) is 2. The number of rotatable bonds is 6. The highest BCUT2D eigenvalue weighted by Crippen LogP contribution is 2.18. The van der Waals surface area contributed by atoms with Gasteiger partial charge >= 0.3 is 0 Å². The van der Waals surface area contributed by atoms with E-state index in [2.05, 4.69) is 18.6 Å². The van der Waals surface area contributed by atoms with Gasteiger partial charge in [-0.15, -0.1) is 0 Å². The summed E-state index contributed by atoms with van der Waals surface area (Å²) < 4.78 is 27.4. The van der Waals surface area contributed by atoms with Gasteiger partial charge in [0.1, 0.15) is 0 Å². The van der Waals surface area contributed by atoms with Crippen LogP contribution in [0.5, 0.6) is 0 Å². The highest BCUT2D eigenvalue weighted by atomic mass is 32.2. The van der Waals surface area contributed by atoms with Crippen LogP contribution in [0.15, 0.2) is 29.2 Å². The maximum atomic E-state index is 12.3. The molecule has 1 rings (SSSR count). The average Bonchev–Trinajstić information content (AvgIpc) is 2.30. The molecule has 3 nitrogen and oxygen atoms in total. The number of benzene rings is 1. The molecular formula is C14H23NO2S. The Hall–Kier alpha value is -0.870. The SMILES string of the molecule is CCC(CC)C(C)NS(=O)(=O)c1ccccc1C. The maximum absolute atomic E-state index is 12.3. The normalized spacial score (nSPS) is 13.8. The van der Waals surface area contributed by atoms with Gasteiger partial charge in [-0.1, -0.05) is 44.9 Å². The predicted octanol–water partition coefficient (Wildman–Crippen LogP) is 3.10. The Morgan fingerprint density at radius 1 is 1.17 bits per heavy atom. The largest absolute Gasteiger partial charge is 0.241 e. The highest BCUT2D eigenvalue weighted by Gasteiger charge is 2.22. The summed E-state index contributed by atoms with van der Waals surface area (Å²) in [6, 6.07) is 7.03. The van der Waals surface area contributed by atoms with Crippen molar-refractivity contribution in [2.75, 3.05) is 0 Å². The molecule has 1 aromatic rings. The van der Waals surface area contributed by atoms with E-state index in [1.165, 1.54) is 0 Å². The molecule has 0 aliphatic carbocycles. The molecule has 0 saturated carbocycles. The van der Waals surface area contributed by atoms with Gasteiger partial charge in [0.2, 0.25) is 10.0 Å². The predicted molar refractivity (Wildman–Crippen MR) is 75.0 cm³/mol. The Morgan fingerprint density at radius 2 is 1.72 bits per heavy atom. The van der Waals surface area contributed by atoms with Crippen molar-refractivity contribution in [1.29, 1.82) is 0 Å². The maximum Gasteiger partial charge on any atom is 0.241 e. The van der Waals surface area contributed by atoms with Gasteiger partial charge in [-0.25, -0.2) is 13.1 Å². The van der Waals surface area contributed by atoms with E-state index in [1.807, 2.05) is 26.0 Å². The second kappa shape index (κ2) is 6.34. The van der Waals surface area contributed by atoms with E-state index >= 15 is 0 Å². The average molecular weight is 269 g/mol. The summed E-state index contributed by atoms with van der Waals surface area (Å²) >= 11 is 0. The molecule has 0 amide bonds. The van der Waals surface area contributed by atoms with Crippen LogP contribution in [0.25, 0.3) is 0 Å². The lowest BCUT2D eigenvalue weighted by Gasteiger charge is -2.22. The van der Waals surface area contributed by atoms with E-state index in [0.717, 1.165) is 18.4 Å².